The first-order valence-electron chi connectivity index (χ1n) is 6.55. The molecule has 1 aromatic rings. The van der Waals surface area contributed by atoms with Crippen LogP contribution in [-0.2, 0) is 4.74 Å². The molecule has 106 valence electrons. The second-order valence-corrected chi connectivity index (χ2v) is 4.19. The van der Waals surface area contributed by atoms with E-state index < -0.39 is 0 Å². The van der Waals surface area contributed by atoms with E-state index >= 15 is 0 Å². The summed E-state index contributed by atoms with van der Waals surface area (Å²) in [4.78, 5) is 14.0. The van der Waals surface area contributed by atoms with Crippen molar-refractivity contribution in [3.05, 3.63) is 23.8 Å². The molecular formula is C14H23N3O2. The average molecular weight is 265 g/mol. The highest BCUT2D eigenvalue weighted by Gasteiger charge is 2.10. The van der Waals surface area contributed by atoms with Crippen molar-refractivity contribution in [2.75, 3.05) is 44.0 Å². The van der Waals surface area contributed by atoms with E-state index in [-0.39, 0.29) is 5.91 Å². The zero-order chi connectivity index (χ0) is 14.3. The van der Waals surface area contributed by atoms with E-state index in [1.54, 1.807) is 19.2 Å². The van der Waals surface area contributed by atoms with Crippen LogP contribution in [0.25, 0.3) is 0 Å². The van der Waals surface area contributed by atoms with Gasteiger partial charge >= 0.3 is 0 Å². The zero-order valence-electron chi connectivity index (χ0n) is 11.9. The van der Waals surface area contributed by atoms with Crippen molar-refractivity contribution in [3.63, 3.8) is 0 Å². The number of nitrogens with two attached hydrogens (primary N) is 1. The number of anilines is 2. The summed E-state index contributed by atoms with van der Waals surface area (Å²) < 4.78 is 4.89. The fraction of sp³-hybridized carbons (Fsp3) is 0.500. The molecule has 0 aliphatic rings. The molecule has 1 aromatic carbocycles. The molecule has 0 spiro atoms. The highest BCUT2D eigenvalue weighted by atomic mass is 16.5. The molecule has 0 aliphatic carbocycles. The second kappa shape index (κ2) is 7.63. The van der Waals surface area contributed by atoms with Crippen LogP contribution >= 0.6 is 0 Å². The number of nitrogens with zero attached hydrogens (tertiary/aromatic N) is 1. The average Bonchev–Trinajstić information content (AvgIpc) is 2.42. The maximum atomic E-state index is 11.9. The van der Waals surface area contributed by atoms with Crippen LogP contribution in [0.4, 0.5) is 11.4 Å². The van der Waals surface area contributed by atoms with Gasteiger partial charge in [-0.15, -0.1) is 0 Å². The maximum absolute atomic E-state index is 11.9. The van der Waals surface area contributed by atoms with Crippen molar-refractivity contribution in [1.29, 1.82) is 0 Å². The Kier molecular flexibility index (Phi) is 6.15. The van der Waals surface area contributed by atoms with Gasteiger partial charge in [-0.2, -0.15) is 0 Å². The smallest absolute Gasteiger partial charge is 0.251 e. The van der Waals surface area contributed by atoms with Gasteiger partial charge in [0.1, 0.15) is 0 Å². The lowest BCUT2D eigenvalue weighted by atomic mass is 10.1. The number of ether oxygens (including phenoxy) is 1. The first-order chi connectivity index (χ1) is 9.13. The van der Waals surface area contributed by atoms with E-state index in [4.69, 9.17) is 10.5 Å². The van der Waals surface area contributed by atoms with Crippen LogP contribution in [0.3, 0.4) is 0 Å². The van der Waals surface area contributed by atoms with Gasteiger partial charge in [-0.3, -0.25) is 4.79 Å². The molecule has 0 fully saturated rings. The minimum Gasteiger partial charge on any atom is -0.397 e. The summed E-state index contributed by atoms with van der Waals surface area (Å²) in [5, 5.41) is 2.77. The Morgan fingerprint density at radius 2 is 2.05 bits per heavy atom. The molecule has 0 saturated heterocycles. The number of hydrogen-bond donors (Lipinski definition) is 2. The molecule has 3 N–H and O–H groups in total. The molecule has 0 aliphatic heterocycles. The second-order valence-electron chi connectivity index (χ2n) is 4.19. The van der Waals surface area contributed by atoms with E-state index in [2.05, 4.69) is 24.1 Å². The maximum Gasteiger partial charge on any atom is 0.251 e. The van der Waals surface area contributed by atoms with Gasteiger partial charge in [-0.25, -0.2) is 0 Å². The number of benzene rings is 1. The Morgan fingerprint density at radius 3 is 2.58 bits per heavy atom. The molecule has 5 heteroatoms. The normalized spacial score (nSPS) is 10.3. The van der Waals surface area contributed by atoms with Gasteiger partial charge in [0.15, 0.2) is 0 Å². The quantitative estimate of drug-likeness (QED) is 0.579. The number of nitrogen functional groups attached to an aromatic ring is 1. The number of nitrogens with one attached hydrogen (secondary N) is 1. The van der Waals surface area contributed by atoms with Crippen molar-refractivity contribution in [2.24, 2.45) is 0 Å². The van der Waals surface area contributed by atoms with Gasteiger partial charge in [0, 0.05) is 32.3 Å². The fourth-order valence-electron chi connectivity index (χ4n) is 1.92. The van der Waals surface area contributed by atoms with Crippen molar-refractivity contribution < 1.29 is 9.53 Å². The molecule has 0 saturated carbocycles. The first-order valence-corrected chi connectivity index (χ1v) is 6.55. The van der Waals surface area contributed by atoms with Crippen molar-refractivity contribution >= 4 is 17.3 Å². The van der Waals surface area contributed by atoms with Gasteiger partial charge in [0.2, 0.25) is 0 Å². The van der Waals surface area contributed by atoms with Crippen molar-refractivity contribution in [2.45, 2.75) is 13.8 Å². The Morgan fingerprint density at radius 1 is 1.37 bits per heavy atom. The summed E-state index contributed by atoms with van der Waals surface area (Å²) in [6, 6.07) is 5.41. The summed E-state index contributed by atoms with van der Waals surface area (Å²) >= 11 is 0. The van der Waals surface area contributed by atoms with E-state index in [1.165, 1.54) is 0 Å². The third kappa shape index (κ3) is 4.13. The van der Waals surface area contributed by atoms with Gasteiger partial charge in [0.25, 0.3) is 5.91 Å². The highest BCUT2D eigenvalue weighted by molar-refractivity contribution is 5.96. The minimum absolute atomic E-state index is 0.130. The Bertz CT molecular complexity index is 417. The molecule has 19 heavy (non-hydrogen) atoms. The molecule has 0 aromatic heterocycles. The van der Waals surface area contributed by atoms with Crippen LogP contribution in [0.1, 0.15) is 24.2 Å². The predicted octanol–water partition coefficient (Wildman–Crippen LogP) is 1.49. The third-order valence-corrected chi connectivity index (χ3v) is 2.99. The molecule has 0 atom stereocenters. The lowest BCUT2D eigenvalue weighted by Crippen LogP contribution is -2.27. The van der Waals surface area contributed by atoms with Crippen LogP contribution in [0.5, 0.6) is 0 Å². The largest absolute Gasteiger partial charge is 0.397 e. The topological polar surface area (TPSA) is 67.6 Å². The SMILES string of the molecule is CCN(CC)c1ccc(C(=O)NCCOC)cc1N. The molecular weight excluding hydrogens is 242 g/mol. The van der Waals surface area contributed by atoms with E-state index in [9.17, 15) is 4.79 Å². The van der Waals surface area contributed by atoms with Crippen LogP contribution in [-0.4, -0.2) is 39.3 Å². The number of amides is 1. The lowest BCUT2D eigenvalue weighted by molar-refractivity contribution is 0.0937. The predicted molar refractivity (Wildman–Crippen MR) is 78.6 cm³/mol. The number of hydrogen-bond acceptors (Lipinski definition) is 4. The zero-order valence-corrected chi connectivity index (χ0v) is 11.9. The van der Waals surface area contributed by atoms with E-state index in [0.29, 0.717) is 24.4 Å². The Hall–Kier alpha value is -1.75. The standard InChI is InChI=1S/C14H23N3O2/c1-4-17(5-2)13-7-6-11(10-12(13)15)14(18)16-8-9-19-3/h6-7,10H,4-5,8-9,15H2,1-3H3,(H,16,18). The molecule has 5 nitrogen and oxygen atoms in total. The molecule has 1 amide bonds. The molecule has 0 heterocycles. The molecule has 0 unspecified atom stereocenters. The third-order valence-electron chi connectivity index (χ3n) is 2.99. The van der Waals surface area contributed by atoms with E-state index in [1.807, 2.05) is 6.07 Å². The summed E-state index contributed by atoms with van der Waals surface area (Å²) in [5.74, 6) is -0.130. The van der Waals surface area contributed by atoms with Gasteiger partial charge in [0.05, 0.1) is 18.0 Å². The molecule has 0 bridgehead atoms. The molecule has 0 radical (unpaired) electrons. The van der Waals surface area contributed by atoms with Crippen LogP contribution in [0.15, 0.2) is 18.2 Å². The van der Waals surface area contributed by atoms with Crippen molar-refractivity contribution in [1.82, 2.24) is 5.32 Å². The summed E-state index contributed by atoms with van der Waals surface area (Å²) in [5.41, 5.74) is 8.19. The van der Waals surface area contributed by atoms with Crippen molar-refractivity contribution in [3.8, 4) is 0 Å². The van der Waals surface area contributed by atoms with Gasteiger partial charge < -0.3 is 20.7 Å². The Labute approximate surface area is 114 Å². The van der Waals surface area contributed by atoms with Crippen LogP contribution < -0.4 is 16.0 Å². The van der Waals surface area contributed by atoms with Crippen LogP contribution in [0.2, 0.25) is 0 Å². The molecule has 1 rings (SSSR count). The van der Waals surface area contributed by atoms with Gasteiger partial charge in [-0.05, 0) is 32.0 Å². The number of carbonyl (C=O) groups excluding carboxylic acids is 1. The fourth-order valence-corrected chi connectivity index (χ4v) is 1.92. The monoisotopic (exact) mass is 265 g/mol. The van der Waals surface area contributed by atoms with E-state index in [0.717, 1.165) is 18.8 Å². The first kappa shape index (κ1) is 15.3. The lowest BCUT2D eigenvalue weighted by Gasteiger charge is -2.23. The Balaban J connectivity index is 2.78. The highest BCUT2D eigenvalue weighted by Crippen LogP contribution is 2.24. The minimum atomic E-state index is -0.130. The number of methoxy groups -OCH3 is 1. The number of rotatable bonds is 7. The summed E-state index contributed by atoms with van der Waals surface area (Å²) in [7, 11) is 1.60. The number of carbonyl (C=O) groups is 1. The summed E-state index contributed by atoms with van der Waals surface area (Å²) in [6.07, 6.45) is 0. The summed E-state index contributed by atoms with van der Waals surface area (Å²) in [6.45, 7) is 6.93. The van der Waals surface area contributed by atoms with Gasteiger partial charge in [-0.1, -0.05) is 0 Å². The van der Waals surface area contributed by atoms with Crippen LogP contribution in [0, 0.1) is 0 Å².